The maximum absolute atomic E-state index is 11.3. The molecule has 1 rings (SSSR count). The molecule has 5 N–H and O–H groups in total. The predicted molar refractivity (Wildman–Crippen MR) is 62.2 cm³/mol. The molecule has 0 saturated carbocycles. The summed E-state index contributed by atoms with van der Waals surface area (Å²) in [4.78, 5) is 22.3. The Bertz CT molecular complexity index is 432. The van der Waals surface area contributed by atoms with Gasteiger partial charge in [0.25, 0.3) is 0 Å². The summed E-state index contributed by atoms with van der Waals surface area (Å²) < 4.78 is 0. The Balaban J connectivity index is 2.95. The average molecular weight is 242 g/mol. The van der Waals surface area contributed by atoms with Gasteiger partial charge in [0.15, 0.2) is 0 Å². The van der Waals surface area contributed by atoms with Crippen LogP contribution in [0.15, 0.2) is 18.2 Å². The number of anilines is 1. The first-order valence-electron chi connectivity index (χ1n) is 4.57. The van der Waals surface area contributed by atoms with Crippen molar-refractivity contribution in [1.82, 2.24) is 0 Å². The van der Waals surface area contributed by atoms with Gasteiger partial charge < -0.3 is 16.8 Å². The van der Waals surface area contributed by atoms with E-state index in [4.69, 9.17) is 23.1 Å². The fourth-order valence-electron chi connectivity index (χ4n) is 1.05. The maximum Gasteiger partial charge on any atom is 0.250 e. The molecule has 0 aliphatic rings. The fourth-order valence-corrected chi connectivity index (χ4v) is 1.26. The van der Waals surface area contributed by atoms with Crippen molar-refractivity contribution in [3.8, 4) is 0 Å². The van der Waals surface area contributed by atoms with Crippen LogP contribution in [0.1, 0.15) is 17.3 Å². The molecular weight excluding hydrogens is 230 g/mol. The topological polar surface area (TPSA) is 98.2 Å². The molecule has 0 aliphatic carbocycles. The Morgan fingerprint density at radius 2 is 2.06 bits per heavy atom. The first-order chi connectivity index (χ1) is 7.41. The van der Waals surface area contributed by atoms with Crippen LogP contribution in [0.3, 0.4) is 0 Å². The average Bonchev–Trinajstić information content (AvgIpc) is 2.20. The molecule has 0 saturated heterocycles. The lowest BCUT2D eigenvalue weighted by Crippen LogP contribution is -2.32. The molecule has 86 valence electrons. The van der Waals surface area contributed by atoms with Crippen LogP contribution in [0.25, 0.3) is 0 Å². The van der Waals surface area contributed by atoms with Crippen molar-refractivity contribution in [2.24, 2.45) is 11.5 Å². The number of rotatable bonds is 3. The number of halogens is 1. The standard InChI is InChI=1S/C10H12ClN3O2/c1-5(12)10(16)14-6-2-3-8(11)7(4-6)9(13)15/h2-5H,12H2,1H3,(H2,13,15)(H,14,16)/t5-/m1/s1. The number of carbonyl (C=O) groups is 2. The van der Waals surface area contributed by atoms with Gasteiger partial charge in [0.2, 0.25) is 11.8 Å². The molecular formula is C10H12ClN3O2. The zero-order valence-corrected chi connectivity index (χ0v) is 9.41. The second kappa shape index (κ2) is 4.96. The molecule has 2 amide bonds. The lowest BCUT2D eigenvalue weighted by atomic mass is 10.2. The SMILES string of the molecule is C[C@@H](N)C(=O)Nc1ccc(Cl)c(C(N)=O)c1. The van der Waals surface area contributed by atoms with E-state index >= 15 is 0 Å². The first kappa shape index (κ1) is 12.5. The van der Waals surface area contributed by atoms with Crippen molar-refractivity contribution in [2.45, 2.75) is 13.0 Å². The Morgan fingerprint density at radius 1 is 1.44 bits per heavy atom. The number of hydrogen-bond donors (Lipinski definition) is 3. The quantitative estimate of drug-likeness (QED) is 0.727. The first-order valence-corrected chi connectivity index (χ1v) is 4.95. The molecule has 1 aromatic carbocycles. The van der Waals surface area contributed by atoms with Crippen LogP contribution in [0, 0.1) is 0 Å². The number of amides is 2. The molecule has 5 nitrogen and oxygen atoms in total. The van der Waals surface area contributed by atoms with E-state index in [1.54, 1.807) is 13.0 Å². The molecule has 1 aromatic rings. The Labute approximate surface area is 97.7 Å². The summed E-state index contributed by atoms with van der Waals surface area (Å²) in [6.45, 7) is 1.56. The monoisotopic (exact) mass is 241 g/mol. The van der Waals surface area contributed by atoms with Crippen LogP contribution in [0.4, 0.5) is 5.69 Å². The predicted octanol–water partition coefficient (Wildman–Crippen LogP) is 0.725. The minimum absolute atomic E-state index is 0.157. The summed E-state index contributed by atoms with van der Waals surface area (Å²) >= 11 is 5.75. The number of nitrogens with one attached hydrogen (secondary N) is 1. The molecule has 0 spiro atoms. The van der Waals surface area contributed by atoms with Crippen LogP contribution in [0.5, 0.6) is 0 Å². The van der Waals surface area contributed by atoms with Crippen molar-refractivity contribution in [1.29, 1.82) is 0 Å². The summed E-state index contributed by atoms with van der Waals surface area (Å²) in [6, 6.07) is 3.83. The third-order valence-corrected chi connectivity index (χ3v) is 2.24. The number of nitrogens with two attached hydrogens (primary N) is 2. The van der Waals surface area contributed by atoms with Crippen LogP contribution in [-0.4, -0.2) is 17.9 Å². The Kier molecular flexibility index (Phi) is 3.87. The lowest BCUT2D eigenvalue weighted by Gasteiger charge is -2.09. The zero-order chi connectivity index (χ0) is 12.3. The van der Waals surface area contributed by atoms with E-state index in [-0.39, 0.29) is 16.5 Å². The summed E-state index contributed by atoms with van der Waals surface area (Å²) in [6.07, 6.45) is 0. The summed E-state index contributed by atoms with van der Waals surface area (Å²) in [7, 11) is 0. The second-order valence-corrected chi connectivity index (χ2v) is 3.74. The molecule has 1 atom stereocenters. The fraction of sp³-hybridized carbons (Fsp3) is 0.200. The summed E-state index contributed by atoms with van der Waals surface area (Å²) in [5, 5.41) is 2.78. The van der Waals surface area contributed by atoms with E-state index in [0.717, 1.165) is 0 Å². The van der Waals surface area contributed by atoms with E-state index in [2.05, 4.69) is 5.32 Å². The normalized spacial score (nSPS) is 11.9. The molecule has 0 fully saturated rings. The van der Waals surface area contributed by atoms with Gasteiger partial charge in [-0.1, -0.05) is 11.6 Å². The van der Waals surface area contributed by atoms with Crippen LogP contribution >= 0.6 is 11.6 Å². The van der Waals surface area contributed by atoms with Crippen molar-refractivity contribution in [3.63, 3.8) is 0 Å². The minimum atomic E-state index is -0.651. The number of benzene rings is 1. The molecule has 0 heterocycles. The highest BCUT2D eigenvalue weighted by Crippen LogP contribution is 2.20. The lowest BCUT2D eigenvalue weighted by molar-refractivity contribution is -0.117. The molecule has 16 heavy (non-hydrogen) atoms. The van der Waals surface area contributed by atoms with Gasteiger partial charge in [-0.25, -0.2) is 0 Å². The van der Waals surface area contributed by atoms with E-state index in [9.17, 15) is 9.59 Å². The third kappa shape index (κ3) is 2.95. The van der Waals surface area contributed by atoms with Gasteiger partial charge in [0, 0.05) is 5.69 Å². The van der Waals surface area contributed by atoms with Gasteiger partial charge in [0.1, 0.15) is 0 Å². The van der Waals surface area contributed by atoms with E-state index in [1.807, 2.05) is 0 Å². The van der Waals surface area contributed by atoms with Crippen molar-refractivity contribution in [2.75, 3.05) is 5.32 Å². The molecule has 0 aliphatic heterocycles. The van der Waals surface area contributed by atoms with Gasteiger partial charge in [0.05, 0.1) is 16.6 Å². The number of primary amides is 1. The molecule has 0 aromatic heterocycles. The van der Waals surface area contributed by atoms with Crippen molar-refractivity contribution >= 4 is 29.1 Å². The maximum atomic E-state index is 11.3. The molecule has 6 heteroatoms. The molecule has 0 radical (unpaired) electrons. The molecule has 0 unspecified atom stereocenters. The van der Waals surface area contributed by atoms with E-state index in [1.165, 1.54) is 12.1 Å². The van der Waals surface area contributed by atoms with Gasteiger partial charge in [-0.15, -0.1) is 0 Å². The van der Waals surface area contributed by atoms with Crippen molar-refractivity contribution in [3.05, 3.63) is 28.8 Å². The summed E-state index contributed by atoms with van der Waals surface area (Å²) in [5.74, 6) is -1.00. The van der Waals surface area contributed by atoms with Gasteiger partial charge in [-0.3, -0.25) is 9.59 Å². The minimum Gasteiger partial charge on any atom is -0.366 e. The molecule has 0 bridgehead atoms. The Hall–Kier alpha value is -1.59. The van der Waals surface area contributed by atoms with Gasteiger partial charge in [-0.2, -0.15) is 0 Å². The highest BCUT2D eigenvalue weighted by atomic mass is 35.5. The largest absolute Gasteiger partial charge is 0.366 e. The van der Waals surface area contributed by atoms with Gasteiger partial charge in [-0.05, 0) is 25.1 Å². The number of carbonyl (C=O) groups excluding carboxylic acids is 2. The highest BCUT2D eigenvalue weighted by Gasteiger charge is 2.11. The third-order valence-electron chi connectivity index (χ3n) is 1.91. The van der Waals surface area contributed by atoms with Crippen LogP contribution in [0.2, 0.25) is 5.02 Å². The van der Waals surface area contributed by atoms with E-state index < -0.39 is 11.9 Å². The zero-order valence-electron chi connectivity index (χ0n) is 8.66. The van der Waals surface area contributed by atoms with Gasteiger partial charge >= 0.3 is 0 Å². The smallest absolute Gasteiger partial charge is 0.250 e. The Morgan fingerprint density at radius 3 is 2.56 bits per heavy atom. The van der Waals surface area contributed by atoms with Crippen LogP contribution < -0.4 is 16.8 Å². The van der Waals surface area contributed by atoms with E-state index in [0.29, 0.717) is 5.69 Å². The summed E-state index contributed by atoms with van der Waals surface area (Å²) in [5.41, 5.74) is 11.1. The number of hydrogen-bond acceptors (Lipinski definition) is 3. The second-order valence-electron chi connectivity index (χ2n) is 3.34. The van der Waals surface area contributed by atoms with Crippen molar-refractivity contribution < 1.29 is 9.59 Å². The highest BCUT2D eigenvalue weighted by molar-refractivity contribution is 6.34. The van der Waals surface area contributed by atoms with Crippen LogP contribution in [-0.2, 0) is 4.79 Å².